The van der Waals surface area contributed by atoms with Crippen molar-refractivity contribution in [2.24, 2.45) is 10.7 Å². The number of piperidine rings is 1. The highest BCUT2D eigenvalue weighted by atomic mass is 15.3. The molecule has 0 bridgehead atoms. The number of nitrogen functional groups attached to an aromatic ring is 1. The van der Waals surface area contributed by atoms with Gasteiger partial charge in [-0.25, -0.2) is 4.99 Å². The van der Waals surface area contributed by atoms with Crippen LogP contribution in [0.25, 0.3) is 5.70 Å². The Hall–Kier alpha value is -2.31. The van der Waals surface area contributed by atoms with E-state index < -0.39 is 0 Å². The van der Waals surface area contributed by atoms with Gasteiger partial charge in [0.15, 0.2) is 0 Å². The average molecular weight is 411 g/mol. The van der Waals surface area contributed by atoms with E-state index in [-0.39, 0.29) is 6.04 Å². The topological polar surface area (TPSA) is 74.1 Å². The van der Waals surface area contributed by atoms with Crippen LogP contribution in [0.2, 0.25) is 0 Å². The van der Waals surface area contributed by atoms with Crippen LogP contribution in [0.4, 0.5) is 5.69 Å². The molecule has 1 aromatic rings. The van der Waals surface area contributed by atoms with Crippen LogP contribution < -0.4 is 11.5 Å². The first-order valence-corrected chi connectivity index (χ1v) is 11.0. The molecule has 2 aliphatic heterocycles. The number of amidine groups is 1. The summed E-state index contributed by atoms with van der Waals surface area (Å²) in [7, 11) is 4.13. The van der Waals surface area contributed by atoms with Gasteiger partial charge < -0.3 is 26.2 Å². The Morgan fingerprint density at radius 3 is 2.57 bits per heavy atom. The monoisotopic (exact) mass is 410 g/mol. The molecule has 6 nitrogen and oxygen atoms in total. The molecule has 2 heterocycles. The Morgan fingerprint density at radius 1 is 1.27 bits per heavy atom. The summed E-state index contributed by atoms with van der Waals surface area (Å²) in [4.78, 5) is 11.8. The predicted octanol–water partition coefficient (Wildman–Crippen LogP) is 3.12. The van der Waals surface area contributed by atoms with Gasteiger partial charge in [-0.15, -0.1) is 0 Å². The normalized spacial score (nSPS) is 20.4. The van der Waals surface area contributed by atoms with Gasteiger partial charge in [0.05, 0.1) is 18.3 Å². The first-order chi connectivity index (χ1) is 14.3. The zero-order chi connectivity index (χ0) is 21.8. The van der Waals surface area contributed by atoms with E-state index in [9.17, 15) is 0 Å². The van der Waals surface area contributed by atoms with Gasteiger partial charge in [-0.05, 0) is 58.0 Å². The van der Waals surface area contributed by atoms with E-state index in [2.05, 4.69) is 73.5 Å². The van der Waals surface area contributed by atoms with Crippen molar-refractivity contribution < 1.29 is 0 Å². The fourth-order valence-corrected chi connectivity index (χ4v) is 4.33. The fourth-order valence-electron chi connectivity index (χ4n) is 4.33. The lowest BCUT2D eigenvalue weighted by Gasteiger charge is -2.39. The molecule has 0 saturated carbocycles. The van der Waals surface area contributed by atoms with Gasteiger partial charge >= 0.3 is 0 Å². The number of nitrogens with two attached hydrogens (primary N) is 2. The van der Waals surface area contributed by atoms with E-state index in [1.807, 2.05) is 0 Å². The van der Waals surface area contributed by atoms with Crippen LogP contribution in [-0.2, 0) is 6.54 Å². The van der Waals surface area contributed by atoms with Gasteiger partial charge in [0, 0.05) is 42.6 Å². The van der Waals surface area contributed by atoms with Crippen LogP contribution in [0.15, 0.2) is 41.5 Å². The Kier molecular flexibility index (Phi) is 7.21. The number of rotatable bonds is 7. The smallest absolute Gasteiger partial charge is 0.102 e. The van der Waals surface area contributed by atoms with E-state index in [1.165, 1.54) is 5.56 Å². The Labute approximate surface area is 181 Å². The molecule has 6 heteroatoms. The third-order valence-corrected chi connectivity index (χ3v) is 6.10. The summed E-state index contributed by atoms with van der Waals surface area (Å²) in [6.07, 6.45) is 5.34. The van der Waals surface area contributed by atoms with Crippen LogP contribution in [0.3, 0.4) is 0 Å². The minimum atomic E-state index is 0.280. The molecule has 0 radical (unpaired) electrons. The summed E-state index contributed by atoms with van der Waals surface area (Å²) in [6.45, 7) is 12.3. The van der Waals surface area contributed by atoms with Crippen LogP contribution in [-0.4, -0.2) is 66.3 Å². The van der Waals surface area contributed by atoms with Crippen LogP contribution >= 0.6 is 0 Å². The molecule has 1 aromatic carbocycles. The first kappa shape index (κ1) is 22.4. The van der Waals surface area contributed by atoms with Crippen molar-refractivity contribution >= 4 is 17.2 Å². The second-order valence-electron chi connectivity index (χ2n) is 8.86. The van der Waals surface area contributed by atoms with Crippen molar-refractivity contribution in [2.45, 2.75) is 51.7 Å². The van der Waals surface area contributed by atoms with Crippen LogP contribution in [0.5, 0.6) is 0 Å². The second-order valence-corrected chi connectivity index (χ2v) is 8.86. The van der Waals surface area contributed by atoms with Gasteiger partial charge in [-0.2, -0.15) is 0 Å². The molecule has 1 unspecified atom stereocenters. The average Bonchev–Trinajstić information content (AvgIpc) is 2.69. The maximum absolute atomic E-state index is 6.41. The standard InChI is InChI=1S/C24H38N6/c1-6-21-14-24(22-8-7-19(13-23(22)26)16-28(4)5)27-18(3)30(21)15-17(2)29-11-9-20(25)10-12-29/h7-8,13-14,20-21H,2,6,9-12,15-16,25-26H2,1,3-5H3. The SMILES string of the molecule is C=C(CN1C(C)=NC(c2ccc(CN(C)C)cc2N)=CC1CC)N1CCC(N)CC1. The summed E-state index contributed by atoms with van der Waals surface area (Å²) < 4.78 is 0. The number of hydrogen-bond acceptors (Lipinski definition) is 6. The fraction of sp³-hybridized carbons (Fsp3) is 0.542. The highest BCUT2D eigenvalue weighted by Crippen LogP contribution is 2.30. The molecule has 1 atom stereocenters. The third kappa shape index (κ3) is 5.24. The number of anilines is 1. The van der Waals surface area contributed by atoms with Crippen molar-refractivity contribution in [3.63, 3.8) is 0 Å². The van der Waals surface area contributed by atoms with Crippen molar-refractivity contribution in [3.8, 4) is 0 Å². The van der Waals surface area contributed by atoms with Gasteiger partial charge in [-0.1, -0.05) is 25.6 Å². The van der Waals surface area contributed by atoms with Crippen molar-refractivity contribution in [1.82, 2.24) is 14.7 Å². The first-order valence-electron chi connectivity index (χ1n) is 11.0. The maximum Gasteiger partial charge on any atom is 0.102 e. The summed E-state index contributed by atoms with van der Waals surface area (Å²) in [5, 5.41) is 0. The predicted molar refractivity (Wildman–Crippen MR) is 128 cm³/mol. The molecule has 164 valence electrons. The molecule has 30 heavy (non-hydrogen) atoms. The quantitative estimate of drug-likeness (QED) is 0.676. The highest BCUT2D eigenvalue weighted by Gasteiger charge is 2.25. The summed E-state index contributed by atoms with van der Waals surface area (Å²) >= 11 is 0. The second kappa shape index (κ2) is 9.67. The summed E-state index contributed by atoms with van der Waals surface area (Å²) in [5.41, 5.74) is 17.6. The Balaban J connectivity index is 1.75. The molecule has 0 spiro atoms. The van der Waals surface area contributed by atoms with E-state index in [0.717, 1.165) is 73.9 Å². The van der Waals surface area contributed by atoms with Crippen molar-refractivity contribution in [1.29, 1.82) is 0 Å². The number of hydrogen-bond donors (Lipinski definition) is 2. The van der Waals surface area contributed by atoms with Crippen LogP contribution in [0, 0.1) is 0 Å². The molecule has 0 aromatic heterocycles. The van der Waals surface area contributed by atoms with E-state index >= 15 is 0 Å². The lowest BCUT2D eigenvalue weighted by atomic mass is 10.0. The number of nitrogens with zero attached hydrogens (tertiary/aromatic N) is 4. The number of benzene rings is 1. The number of likely N-dealkylation sites (tertiary alicyclic amines) is 1. The minimum Gasteiger partial charge on any atom is -0.398 e. The lowest BCUT2D eigenvalue weighted by Crippen LogP contribution is -2.45. The van der Waals surface area contributed by atoms with Gasteiger partial charge in [-0.3, -0.25) is 0 Å². The molecule has 0 aliphatic carbocycles. The van der Waals surface area contributed by atoms with Gasteiger partial charge in [0.2, 0.25) is 0 Å². The Morgan fingerprint density at radius 2 is 1.97 bits per heavy atom. The van der Waals surface area contributed by atoms with Gasteiger partial charge in [0.1, 0.15) is 5.84 Å². The zero-order valence-corrected chi connectivity index (χ0v) is 19.1. The molecule has 3 rings (SSSR count). The largest absolute Gasteiger partial charge is 0.398 e. The van der Waals surface area contributed by atoms with Gasteiger partial charge in [0.25, 0.3) is 0 Å². The lowest BCUT2D eigenvalue weighted by molar-refractivity contribution is 0.238. The van der Waals surface area contributed by atoms with E-state index in [1.54, 1.807) is 0 Å². The van der Waals surface area contributed by atoms with E-state index in [0.29, 0.717) is 6.04 Å². The molecule has 1 fully saturated rings. The molecular weight excluding hydrogens is 372 g/mol. The summed E-state index contributed by atoms with van der Waals surface area (Å²) in [6, 6.07) is 6.93. The number of aliphatic imine (C=N–C) groups is 1. The highest BCUT2D eigenvalue weighted by molar-refractivity contribution is 5.91. The maximum atomic E-state index is 6.41. The molecule has 4 N–H and O–H groups in total. The summed E-state index contributed by atoms with van der Waals surface area (Å²) in [5.74, 6) is 1.02. The van der Waals surface area contributed by atoms with E-state index in [4.69, 9.17) is 16.5 Å². The van der Waals surface area contributed by atoms with Crippen molar-refractivity contribution in [2.75, 3.05) is 39.5 Å². The molecule has 2 aliphatic rings. The molecule has 0 amide bonds. The zero-order valence-electron chi connectivity index (χ0n) is 19.1. The van der Waals surface area contributed by atoms with Crippen LogP contribution in [0.1, 0.15) is 44.2 Å². The third-order valence-electron chi connectivity index (χ3n) is 6.10. The Bertz CT molecular complexity index is 817. The van der Waals surface area contributed by atoms with Crippen molar-refractivity contribution in [3.05, 3.63) is 47.7 Å². The molecule has 1 saturated heterocycles. The molecular formula is C24H38N6. The minimum absolute atomic E-state index is 0.280.